The van der Waals surface area contributed by atoms with Gasteiger partial charge < -0.3 is 15.0 Å². The van der Waals surface area contributed by atoms with Crippen LogP contribution in [0.5, 0.6) is 5.75 Å². The zero-order chi connectivity index (χ0) is 13.0. The molecule has 1 aromatic carbocycles. The van der Waals surface area contributed by atoms with E-state index in [0.717, 1.165) is 12.4 Å². The van der Waals surface area contributed by atoms with Gasteiger partial charge in [-0.1, -0.05) is 0 Å². The Morgan fingerprint density at radius 3 is 2.67 bits per heavy atom. The van der Waals surface area contributed by atoms with Crippen molar-refractivity contribution < 1.29 is 4.74 Å². The predicted molar refractivity (Wildman–Crippen MR) is 76.3 cm³/mol. The molecule has 3 heteroatoms. The topological polar surface area (TPSA) is 24.5 Å². The molecule has 2 atom stereocenters. The van der Waals surface area contributed by atoms with Crippen LogP contribution in [0.3, 0.4) is 0 Å². The summed E-state index contributed by atoms with van der Waals surface area (Å²) in [7, 11) is 2.21. The molecule has 1 aliphatic rings. The van der Waals surface area contributed by atoms with Crippen LogP contribution in [0, 0.1) is 0 Å². The summed E-state index contributed by atoms with van der Waals surface area (Å²) in [5.74, 6) is 0.944. The molecule has 18 heavy (non-hydrogen) atoms. The normalized spacial score (nSPS) is 24.8. The van der Waals surface area contributed by atoms with E-state index in [1.54, 1.807) is 0 Å². The van der Waals surface area contributed by atoms with Crippen LogP contribution in [-0.2, 0) is 0 Å². The third-order valence-corrected chi connectivity index (χ3v) is 3.74. The SMILES string of the molecule is CCOc1ccc(NC2CCN(C)C(C)C2)cc1. The summed E-state index contributed by atoms with van der Waals surface area (Å²) in [4.78, 5) is 2.43. The Morgan fingerprint density at radius 2 is 2.06 bits per heavy atom. The second-order valence-corrected chi connectivity index (χ2v) is 5.15. The van der Waals surface area contributed by atoms with Gasteiger partial charge in [0.05, 0.1) is 6.61 Å². The van der Waals surface area contributed by atoms with E-state index in [9.17, 15) is 0 Å². The minimum absolute atomic E-state index is 0.592. The number of anilines is 1. The van der Waals surface area contributed by atoms with Gasteiger partial charge >= 0.3 is 0 Å². The smallest absolute Gasteiger partial charge is 0.119 e. The van der Waals surface area contributed by atoms with E-state index in [2.05, 4.69) is 36.3 Å². The monoisotopic (exact) mass is 248 g/mol. The quantitative estimate of drug-likeness (QED) is 0.886. The molecule has 0 amide bonds. The molecule has 1 saturated heterocycles. The lowest BCUT2D eigenvalue weighted by Crippen LogP contribution is -2.42. The molecule has 1 heterocycles. The molecule has 2 rings (SSSR count). The van der Waals surface area contributed by atoms with Gasteiger partial charge in [-0.3, -0.25) is 0 Å². The number of rotatable bonds is 4. The van der Waals surface area contributed by atoms with Crippen molar-refractivity contribution in [2.24, 2.45) is 0 Å². The first kappa shape index (κ1) is 13.2. The summed E-state index contributed by atoms with van der Waals surface area (Å²) in [6.07, 6.45) is 2.43. The van der Waals surface area contributed by atoms with Crippen LogP contribution >= 0.6 is 0 Å². The number of piperidine rings is 1. The first-order chi connectivity index (χ1) is 8.69. The average molecular weight is 248 g/mol. The van der Waals surface area contributed by atoms with Crippen LogP contribution in [0.4, 0.5) is 5.69 Å². The number of ether oxygens (including phenoxy) is 1. The second kappa shape index (κ2) is 6.10. The van der Waals surface area contributed by atoms with Gasteiger partial charge in [0.15, 0.2) is 0 Å². The van der Waals surface area contributed by atoms with Crippen molar-refractivity contribution >= 4 is 5.69 Å². The lowest BCUT2D eigenvalue weighted by atomic mass is 9.99. The molecule has 0 saturated carbocycles. The molecule has 0 bridgehead atoms. The minimum Gasteiger partial charge on any atom is -0.494 e. The van der Waals surface area contributed by atoms with Crippen LogP contribution in [0.25, 0.3) is 0 Å². The van der Waals surface area contributed by atoms with E-state index >= 15 is 0 Å². The van der Waals surface area contributed by atoms with Gasteiger partial charge in [0.25, 0.3) is 0 Å². The maximum Gasteiger partial charge on any atom is 0.119 e. The number of hydrogen-bond acceptors (Lipinski definition) is 3. The van der Waals surface area contributed by atoms with Crippen molar-refractivity contribution in [3.8, 4) is 5.75 Å². The summed E-state index contributed by atoms with van der Waals surface area (Å²) in [5.41, 5.74) is 1.19. The molecule has 0 radical (unpaired) electrons. The molecule has 2 unspecified atom stereocenters. The van der Waals surface area contributed by atoms with Crippen molar-refractivity contribution in [2.45, 2.75) is 38.8 Å². The van der Waals surface area contributed by atoms with Crippen LogP contribution in [0.1, 0.15) is 26.7 Å². The van der Waals surface area contributed by atoms with E-state index in [-0.39, 0.29) is 0 Å². The molecule has 1 N–H and O–H groups in total. The third kappa shape index (κ3) is 3.39. The van der Waals surface area contributed by atoms with E-state index in [1.165, 1.54) is 25.1 Å². The molecular weight excluding hydrogens is 224 g/mol. The number of nitrogens with one attached hydrogen (secondary N) is 1. The largest absolute Gasteiger partial charge is 0.494 e. The fraction of sp³-hybridized carbons (Fsp3) is 0.600. The highest BCUT2D eigenvalue weighted by Gasteiger charge is 2.22. The number of likely N-dealkylation sites (tertiary alicyclic amines) is 1. The van der Waals surface area contributed by atoms with Crippen molar-refractivity contribution in [3.63, 3.8) is 0 Å². The van der Waals surface area contributed by atoms with E-state index in [4.69, 9.17) is 4.74 Å². The second-order valence-electron chi connectivity index (χ2n) is 5.15. The number of benzene rings is 1. The molecule has 1 fully saturated rings. The van der Waals surface area contributed by atoms with Gasteiger partial charge in [0.1, 0.15) is 5.75 Å². The maximum atomic E-state index is 5.45. The summed E-state index contributed by atoms with van der Waals surface area (Å²) >= 11 is 0. The van der Waals surface area contributed by atoms with Crippen LogP contribution in [0.2, 0.25) is 0 Å². The average Bonchev–Trinajstić information content (AvgIpc) is 2.37. The number of hydrogen-bond donors (Lipinski definition) is 1. The van der Waals surface area contributed by atoms with E-state index in [0.29, 0.717) is 12.1 Å². The minimum atomic E-state index is 0.592. The lowest BCUT2D eigenvalue weighted by molar-refractivity contribution is 0.190. The fourth-order valence-corrected chi connectivity index (χ4v) is 2.47. The fourth-order valence-electron chi connectivity index (χ4n) is 2.47. The number of nitrogens with zero attached hydrogens (tertiary/aromatic N) is 1. The Morgan fingerprint density at radius 1 is 1.33 bits per heavy atom. The van der Waals surface area contributed by atoms with E-state index < -0.39 is 0 Å². The third-order valence-electron chi connectivity index (χ3n) is 3.74. The first-order valence-corrected chi connectivity index (χ1v) is 6.88. The highest BCUT2D eigenvalue weighted by molar-refractivity contribution is 5.47. The summed E-state index contributed by atoms with van der Waals surface area (Å²) in [6, 6.07) is 9.53. The Labute approximate surface area is 110 Å². The van der Waals surface area contributed by atoms with Gasteiger partial charge in [-0.15, -0.1) is 0 Å². The zero-order valence-electron chi connectivity index (χ0n) is 11.6. The molecule has 3 nitrogen and oxygen atoms in total. The van der Waals surface area contributed by atoms with Gasteiger partial charge in [0.2, 0.25) is 0 Å². The summed E-state index contributed by atoms with van der Waals surface area (Å²) in [6.45, 7) is 6.20. The molecule has 0 aromatic heterocycles. The zero-order valence-corrected chi connectivity index (χ0v) is 11.6. The molecule has 100 valence electrons. The molecular formula is C15H24N2O. The highest BCUT2D eigenvalue weighted by atomic mass is 16.5. The predicted octanol–water partition coefficient (Wildman–Crippen LogP) is 2.98. The molecule has 0 aliphatic carbocycles. The Balaban J connectivity index is 1.89. The van der Waals surface area contributed by atoms with Crippen LogP contribution in [-0.4, -0.2) is 37.2 Å². The first-order valence-electron chi connectivity index (χ1n) is 6.88. The van der Waals surface area contributed by atoms with Crippen molar-refractivity contribution in [1.29, 1.82) is 0 Å². The van der Waals surface area contributed by atoms with Crippen LogP contribution < -0.4 is 10.1 Å². The highest BCUT2D eigenvalue weighted by Crippen LogP contribution is 2.21. The maximum absolute atomic E-state index is 5.45. The standard InChI is InChI=1S/C15H24N2O/c1-4-18-15-7-5-13(6-8-15)16-14-9-10-17(3)12(2)11-14/h5-8,12,14,16H,4,9-11H2,1-3H3. The van der Waals surface area contributed by atoms with Gasteiger partial charge in [0, 0.05) is 24.3 Å². The van der Waals surface area contributed by atoms with Gasteiger partial charge in [-0.2, -0.15) is 0 Å². The Hall–Kier alpha value is -1.22. The van der Waals surface area contributed by atoms with Crippen molar-refractivity contribution in [3.05, 3.63) is 24.3 Å². The van der Waals surface area contributed by atoms with E-state index in [1.807, 2.05) is 19.1 Å². The molecule has 1 aromatic rings. The Kier molecular flexibility index (Phi) is 4.48. The summed E-state index contributed by atoms with van der Waals surface area (Å²) in [5, 5.41) is 3.62. The lowest BCUT2D eigenvalue weighted by Gasteiger charge is -2.35. The molecule has 0 spiro atoms. The molecule has 1 aliphatic heterocycles. The van der Waals surface area contributed by atoms with Gasteiger partial charge in [-0.05, 0) is 58.0 Å². The Bertz CT molecular complexity index is 363. The van der Waals surface area contributed by atoms with Crippen molar-refractivity contribution in [1.82, 2.24) is 4.90 Å². The van der Waals surface area contributed by atoms with Crippen molar-refractivity contribution in [2.75, 3.05) is 25.5 Å². The van der Waals surface area contributed by atoms with Crippen LogP contribution in [0.15, 0.2) is 24.3 Å². The summed E-state index contributed by atoms with van der Waals surface area (Å²) < 4.78 is 5.45. The van der Waals surface area contributed by atoms with Gasteiger partial charge in [-0.25, -0.2) is 0 Å².